The number of carbonyl (C=O) groups is 2. The topological polar surface area (TPSA) is 144 Å². The van der Waals surface area contributed by atoms with Crippen LogP contribution in [0.2, 0.25) is 0 Å². The molecule has 0 bridgehead atoms. The number of nitrogen functional groups attached to an aromatic ring is 2. The summed E-state index contributed by atoms with van der Waals surface area (Å²) >= 11 is 2.55. The summed E-state index contributed by atoms with van der Waals surface area (Å²) in [6.07, 6.45) is 2.63. The number of nitrogens with two attached hydrogens (primary N) is 2. The normalized spacial score (nSPS) is 15.2. The van der Waals surface area contributed by atoms with E-state index in [2.05, 4.69) is 23.3 Å². The lowest BCUT2D eigenvalue weighted by molar-refractivity contribution is 0.0526. The molecule has 4 rings (SSSR count). The molecule has 1 unspecified atom stereocenters. The first-order valence-corrected chi connectivity index (χ1v) is 12.9. The van der Waals surface area contributed by atoms with Gasteiger partial charge in [-0.2, -0.15) is 5.26 Å². The molecule has 1 atom stereocenters. The molecule has 0 aromatic carbocycles. The van der Waals surface area contributed by atoms with E-state index in [1.807, 2.05) is 13.8 Å². The van der Waals surface area contributed by atoms with Crippen molar-refractivity contribution in [1.82, 2.24) is 4.98 Å². The Kier molecular flexibility index (Phi) is 6.51. The molecule has 34 heavy (non-hydrogen) atoms. The molecule has 178 valence electrons. The first-order valence-electron chi connectivity index (χ1n) is 11.2. The number of nitriles is 1. The van der Waals surface area contributed by atoms with Crippen LogP contribution >= 0.6 is 22.7 Å². The minimum Gasteiger partial charge on any atom is -0.462 e. The molecule has 1 aliphatic rings. The Morgan fingerprint density at radius 3 is 2.71 bits per heavy atom. The highest BCUT2D eigenvalue weighted by Crippen LogP contribution is 2.43. The van der Waals surface area contributed by atoms with E-state index in [1.165, 1.54) is 11.3 Å². The van der Waals surface area contributed by atoms with E-state index in [0.717, 1.165) is 41.0 Å². The number of aromatic nitrogens is 1. The van der Waals surface area contributed by atoms with Gasteiger partial charge in [0.25, 0.3) is 5.91 Å². The number of esters is 1. The summed E-state index contributed by atoms with van der Waals surface area (Å²) < 4.78 is 5.30. The Labute approximate surface area is 205 Å². The molecule has 0 spiro atoms. The molecule has 1 aliphatic carbocycles. The Hall–Kier alpha value is -3.16. The molecule has 0 radical (unpaired) electrons. The summed E-state index contributed by atoms with van der Waals surface area (Å²) in [6, 6.07) is 2.12. The van der Waals surface area contributed by atoms with Crippen LogP contribution < -0.4 is 16.8 Å². The molecule has 3 heterocycles. The van der Waals surface area contributed by atoms with Crippen molar-refractivity contribution in [3.63, 3.8) is 0 Å². The predicted octanol–water partition coefficient (Wildman–Crippen LogP) is 5.07. The molecule has 3 aromatic rings. The highest BCUT2D eigenvalue weighted by Gasteiger charge is 2.31. The van der Waals surface area contributed by atoms with E-state index in [9.17, 15) is 14.9 Å². The first kappa shape index (κ1) is 24.0. The van der Waals surface area contributed by atoms with E-state index < -0.39 is 11.9 Å². The molecule has 3 aromatic heterocycles. The second kappa shape index (κ2) is 9.24. The summed E-state index contributed by atoms with van der Waals surface area (Å²) in [6.45, 7) is 8.07. The van der Waals surface area contributed by atoms with E-state index >= 15 is 0 Å². The van der Waals surface area contributed by atoms with Gasteiger partial charge in [-0.3, -0.25) is 4.79 Å². The zero-order valence-electron chi connectivity index (χ0n) is 19.6. The van der Waals surface area contributed by atoms with E-state index in [4.69, 9.17) is 16.2 Å². The fraction of sp³-hybridized carbons (Fsp3) is 0.417. The van der Waals surface area contributed by atoms with Crippen molar-refractivity contribution in [1.29, 1.82) is 5.26 Å². The molecule has 0 saturated carbocycles. The largest absolute Gasteiger partial charge is 0.462 e. The van der Waals surface area contributed by atoms with E-state index in [0.29, 0.717) is 32.3 Å². The maximum absolute atomic E-state index is 13.4. The molecule has 5 N–H and O–H groups in total. The lowest BCUT2D eigenvalue weighted by atomic mass is 9.88. The van der Waals surface area contributed by atoms with Crippen molar-refractivity contribution in [2.24, 2.45) is 5.92 Å². The molecule has 1 amide bonds. The Bertz CT molecular complexity index is 1350. The molecule has 0 aliphatic heterocycles. The third kappa shape index (κ3) is 3.99. The van der Waals surface area contributed by atoms with Gasteiger partial charge in [-0.1, -0.05) is 20.8 Å². The number of anilines is 3. The van der Waals surface area contributed by atoms with Crippen LogP contribution in [0.1, 0.15) is 81.6 Å². The average Bonchev–Trinajstić information content (AvgIpc) is 3.29. The smallest absolute Gasteiger partial charge is 0.341 e. The van der Waals surface area contributed by atoms with E-state index in [-0.39, 0.29) is 34.5 Å². The van der Waals surface area contributed by atoms with Crippen LogP contribution in [0.3, 0.4) is 0 Å². The van der Waals surface area contributed by atoms with Gasteiger partial charge < -0.3 is 21.5 Å². The highest BCUT2D eigenvalue weighted by atomic mass is 32.1. The van der Waals surface area contributed by atoms with Crippen molar-refractivity contribution < 1.29 is 14.3 Å². The zero-order valence-corrected chi connectivity index (χ0v) is 21.2. The van der Waals surface area contributed by atoms with Gasteiger partial charge in [0.2, 0.25) is 0 Å². The van der Waals surface area contributed by atoms with Gasteiger partial charge in [0, 0.05) is 10.3 Å². The third-order valence-corrected chi connectivity index (χ3v) is 8.33. The standard InChI is InChI=1S/C24H27N5O3S2/c1-5-32-24(31)16-12-7-6-11(4)8-14(12)33-22(16)29-21(30)19-18(26)17-15(10(2)3)13(9-25)20(27)28-23(17)34-19/h10-11H,5-8,26H2,1-4H3,(H2,27,28)(H,29,30). The van der Waals surface area contributed by atoms with Crippen LogP contribution in [-0.4, -0.2) is 23.5 Å². The number of fused-ring (bicyclic) bond motifs is 2. The minimum atomic E-state index is -0.427. The van der Waals surface area contributed by atoms with Crippen molar-refractivity contribution in [3.8, 4) is 6.07 Å². The lowest BCUT2D eigenvalue weighted by Gasteiger charge is -2.18. The molecule has 0 fully saturated rings. The molecule has 0 saturated heterocycles. The lowest BCUT2D eigenvalue weighted by Crippen LogP contribution is -2.16. The maximum Gasteiger partial charge on any atom is 0.341 e. The van der Waals surface area contributed by atoms with Gasteiger partial charge in [0.1, 0.15) is 26.6 Å². The quantitative estimate of drug-likeness (QED) is 0.417. The average molecular weight is 498 g/mol. The first-order chi connectivity index (χ1) is 16.2. The number of thiophene rings is 2. The maximum atomic E-state index is 13.4. The van der Waals surface area contributed by atoms with Gasteiger partial charge in [-0.05, 0) is 49.1 Å². The van der Waals surface area contributed by atoms with Crippen molar-refractivity contribution >= 4 is 61.3 Å². The van der Waals surface area contributed by atoms with Crippen LogP contribution in [0.4, 0.5) is 16.5 Å². The van der Waals surface area contributed by atoms with Crippen LogP contribution in [0.15, 0.2) is 0 Å². The van der Waals surface area contributed by atoms with Crippen LogP contribution in [0.25, 0.3) is 10.2 Å². The Morgan fingerprint density at radius 2 is 2.06 bits per heavy atom. The second-order valence-electron chi connectivity index (χ2n) is 8.81. The number of rotatable bonds is 5. The van der Waals surface area contributed by atoms with Gasteiger partial charge in [-0.15, -0.1) is 22.7 Å². The van der Waals surface area contributed by atoms with E-state index in [1.54, 1.807) is 6.92 Å². The monoisotopic (exact) mass is 497 g/mol. The number of nitrogens with one attached hydrogen (secondary N) is 1. The SMILES string of the molecule is CCOC(=O)c1c(NC(=O)c2sc3nc(N)c(C#N)c(C(C)C)c3c2N)sc2c1CCC(C)C2. The van der Waals surface area contributed by atoms with Crippen LogP contribution in [0, 0.1) is 17.2 Å². The van der Waals surface area contributed by atoms with Gasteiger partial charge >= 0.3 is 5.97 Å². The summed E-state index contributed by atoms with van der Waals surface area (Å²) in [5.41, 5.74) is 15.1. The van der Waals surface area contributed by atoms with Crippen molar-refractivity contribution in [2.45, 2.75) is 52.9 Å². The zero-order chi connectivity index (χ0) is 24.7. The fourth-order valence-corrected chi connectivity index (χ4v) is 6.89. The van der Waals surface area contributed by atoms with Crippen molar-refractivity contribution in [3.05, 3.63) is 32.0 Å². The second-order valence-corrected chi connectivity index (χ2v) is 10.9. The third-order valence-electron chi connectivity index (χ3n) is 6.06. The number of ether oxygens (including phenoxy) is 1. The molecule has 10 heteroatoms. The predicted molar refractivity (Wildman–Crippen MR) is 137 cm³/mol. The Balaban J connectivity index is 1.79. The fourth-order valence-electron chi connectivity index (χ4n) is 4.48. The minimum absolute atomic E-state index is 0.0447. The summed E-state index contributed by atoms with van der Waals surface area (Å²) in [5.74, 6) is -0.259. The number of pyridine rings is 1. The van der Waals surface area contributed by atoms with Gasteiger partial charge in [0.15, 0.2) is 0 Å². The number of hydrogen-bond acceptors (Lipinski definition) is 9. The number of amides is 1. The summed E-state index contributed by atoms with van der Waals surface area (Å²) in [4.78, 5) is 32.4. The molecule has 8 nitrogen and oxygen atoms in total. The van der Waals surface area contributed by atoms with Crippen molar-refractivity contribution in [2.75, 3.05) is 23.4 Å². The highest BCUT2D eigenvalue weighted by molar-refractivity contribution is 7.21. The Morgan fingerprint density at radius 1 is 1.32 bits per heavy atom. The molecular formula is C24H27N5O3S2. The summed E-state index contributed by atoms with van der Waals surface area (Å²) in [7, 11) is 0. The molecular weight excluding hydrogens is 470 g/mol. The van der Waals surface area contributed by atoms with Crippen LogP contribution in [-0.2, 0) is 17.6 Å². The summed E-state index contributed by atoms with van der Waals surface area (Å²) in [5, 5.41) is 13.6. The van der Waals surface area contributed by atoms with Gasteiger partial charge in [0.05, 0.1) is 23.4 Å². The number of carbonyl (C=O) groups excluding carboxylic acids is 2. The van der Waals surface area contributed by atoms with Crippen LogP contribution in [0.5, 0.6) is 0 Å². The number of hydrogen-bond donors (Lipinski definition) is 3. The number of nitrogens with zero attached hydrogens (tertiary/aromatic N) is 2. The van der Waals surface area contributed by atoms with Gasteiger partial charge in [-0.25, -0.2) is 9.78 Å².